The van der Waals surface area contributed by atoms with Crippen LogP contribution in [0.5, 0.6) is 0 Å². The lowest BCUT2D eigenvalue weighted by Crippen LogP contribution is -2.19. The van der Waals surface area contributed by atoms with E-state index in [4.69, 9.17) is 11.6 Å². The highest BCUT2D eigenvalue weighted by molar-refractivity contribution is 6.31. The maximum Gasteiger partial charge on any atom is 0.323 e. The van der Waals surface area contributed by atoms with Gasteiger partial charge in [-0.3, -0.25) is 0 Å². The summed E-state index contributed by atoms with van der Waals surface area (Å²) >= 11 is 6.11. The summed E-state index contributed by atoms with van der Waals surface area (Å²) in [6.45, 7) is 1.95. The molecule has 3 aromatic rings. The van der Waals surface area contributed by atoms with Gasteiger partial charge in [0.25, 0.3) is 0 Å². The molecule has 0 aliphatic heterocycles. The van der Waals surface area contributed by atoms with Crippen LogP contribution in [0.2, 0.25) is 5.02 Å². The SMILES string of the molecule is Cc1ccc(Nc2ccc(NC(=O)Nc3ccccc3)cn2)cc1Cl. The Morgan fingerprint density at radius 3 is 2.32 bits per heavy atom. The molecule has 0 unspecified atom stereocenters. The number of nitrogens with zero attached hydrogens (tertiary/aromatic N) is 1. The number of nitrogens with one attached hydrogen (secondary N) is 3. The number of urea groups is 1. The Morgan fingerprint density at radius 2 is 1.64 bits per heavy atom. The maximum absolute atomic E-state index is 11.9. The molecule has 2 aromatic carbocycles. The number of hydrogen-bond donors (Lipinski definition) is 3. The summed E-state index contributed by atoms with van der Waals surface area (Å²) in [5.74, 6) is 0.661. The Morgan fingerprint density at radius 1 is 0.920 bits per heavy atom. The number of hydrogen-bond acceptors (Lipinski definition) is 3. The summed E-state index contributed by atoms with van der Waals surface area (Å²) in [7, 11) is 0. The molecule has 0 saturated heterocycles. The number of carbonyl (C=O) groups excluding carboxylic acids is 1. The van der Waals surface area contributed by atoms with Crippen LogP contribution in [0.25, 0.3) is 0 Å². The Hall–Kier alpha value is -3.05. The van der Waals surface area contributed by atoms with Gasteiger partial charge in [0.05, 0.1) is 11.9 Å². The van der Waals surface area contributed by atoms with Gasteiger partial charge in [-0.15, -0.1) is 0 Å². The van der Waals surface area contributed by atoms with Crippen molar-refractivity contribution in [3.63, 3.8) is 0 Å². The van der Waals surface area contributed by atoms with Crippen molar-refractivity contribution in [1.82, 2.24) is 4.98 Å². The van der Waals surface area contributed by atoms with Gasteiger partial charge in [0, 0.05) is 16.4 Å². The zero-order chi connectivity index (χ0) is 17.6. The lowest BCUT2D eigenvalue weighted by atomic mass is 10.2. The summed E-state index contributed by atoms with van der Waals surface area (Å²) in [6, 6.07) is 18.2. The van der Waals surface area contributed by atoms with Crippen LogP contribution in [-0.2, 0) is 0 Å². The van der Waals surface area contributed by atoms with Crippen LogP contribution >= 0.6 is 11.6 Å². The first-order valence-corrected chi connectivity index (χ1v) is 8.10. The van der Waals surface area contributed by atoms with Gasteiger partial charge in [0.1, 0.15) is 5.82 Å². The van der Waals surface area contributed by atoms with E-state index in [0.717, 1.165) is 16.9 Å². The van der Waals surface area contributed by atoms with E-state index in [9.17, 15) is 4.79 Å². The largest absolute Gasteiger partial charge is 0.340 e. The normalized spacial score (nSPS) is 10.2. The van der Waals surface area contributed by atoms with Crippen molar-refractivity contribution in [2.75, 3.05) is 16.0 Å². The van der Waals surface area contributed by atoms with Gasteiger partial charge in [0.2, 0.25) is 0 Å². The summed E-state index contributed by atoms with van der Waals surface area (Å²) in [5.41, 5.74) is 3.19. The van der Waals surface area contributed by atoms with Crippen molar-refractivity contribution in [1.29, 1.82) is 0 Å². The zero-order valence-electron chi connectivity index (χ0n) is 13.6. The molecule has 6 heteroatoms. The van der Waals surface area contributed by atoms with Crippen molar-refractivity contribution >= 4 is 40.5 Å². The fourth-order valence-corrected chi connectivity index (χ4v) is 2.36. The van der Waals surface area contributed by atoms with Gasteiger partial charge in [-0.25, -0.2) is 9.78 Å². The van der Waals surface area contributed by atoms with Gasteiger partial charge in [-0.05, 0) is 48.9 Å². The van der Waals surface area contributed by atoms with Gasteiger partial charge in [-0.2, -0.15) is 0 Å². The molecule has 0 spiro atoms. The topological polar surface area (TPSA) is 66.0 Å². The molecule has 5 nitrogen and oxygen atoms in total. The monoisotopic (exact) mass is 352 g/mol. The molecule has 1 heterocycles. The molecule has 126 valence electrons. The Labute approximate surface area is 151 Å². The van der Waals surface area contributed by atoms with Crippen molar-refractivity contribution in [2.45, 2.75) is 6.92 Å². The average molecular weight is 353 g/mol. The highest BCUT2D eigenvalue weighted by Crippen LogP contribution is 2.22. The molecule has 0 radical (unpaired) electrons. The second kappa shape index (κ2) is 7.68. The highest BCUT2D eigenvalue weighted by Gasteiger charge is 2.04. The van der Waals surface area contributed by atoms with Gasteiger partial charge < -0.3 is 16.0 Å². The fraction of sp³-hybridized carbons (Fsp3) is 0.0526. The first-order chi connectivity index (χ1) is 12.1. The number of pyridine rings is 1. The van der Waals surface area contributed by atoms with Crippen LogP contribution in [0.1, 0.15) is 5.56 Å². The first-order valence-electron chi connectivity index (χ1n) is 7.72. The number of benzene rings is 2. The number of amides is 2. The van der Waals surface area contributed by atoms with E-state index < -0.39 is 0 Å². The second-order valence-electron chi connectivity index (χ2n) is 5.47. The number of anilines is 4. The van der Waals surface area contributed by atoms with Gasteiger partial charge >= 0.3 is 6.03 Å². The van der Waals surface area contributed by atoms with E-state index in [0.29, 0.717) is 16.5 Å². The number of halogens is 1. The quantitative estimate of drug-likeness (QED) is 0.586. The molecule has 3 rings (SSSR count). The smallest absolute Gasteiger partial charge is 0.323 e. The molecule has 2 amide bonds. The number of aromatic nitrogens is 1. The predicted octanol–water partition coefficient (Wildman–Crippen LogP) is 5.43. The summed E-state index contributed by atoms with van der Waals surface area (Å²) in [4.78, 5) is 16.2. The van der Waals surface area contributed by atoms with E-state index in [-0.39, 0.29) is 6.03 Å². The lowest BCUT2D eigenvalue weighted by molar-refractivity contribution is 0.262. The van der Waals surface area contributed by atoms with E-state index in [2.05, 4.69) is 20.9 Å². The third-order valence-electron chi connectivity index (χ3n) is 3.50. The average Bonchev–Trinajstić information content (AvgIpc) is 2.61. The molecule has 0 aliphatic carbocycles. The van der Waals surface area contributed by atoms with Crippen LogP contribution in [0.3, 0.4) is 0 Å². The number of para-hydroxylation sites is 1. The van der Waals surface area contributed by atoms with Crippen LogP contribution in [0, 0.1) is 6.92 Å². The van der Waals surface area contributed by atoms with Crippen molar-refractivity contribution in [3.05, 3.63) is 77.4 Å². The van der Waals surface area contributed by atoms with Crippen molar-refractivity contribution in [3.8, 4) is 0 Å². The standard InChI is InChI=1S/C19H17ClN4O/c1-13-7-8-15(11-17(13)20)22-18-10-9-16(12-21-18)24-19(25)23-14-5-3-2-4-6-14/h2-12H,1H3,(H,21,22)(H2,23,24,25). The van der Waals surface area contributed by atoms with Crippen LogP contribution in [0.4, 0.5) is 27.7 Å². The molecule has 0 fully saturated rings. The van der Waals surface area contributed by atoms with Crippen LogP contribution in [0.15, 0.2) is 66.9 Å². The van der Waals surface area contributed by atoms with E-state index in [1.54, 1.807) is 18.3 Å². The molecule has 0 saturated carbocycles. The molecule has 0 bridgehead atoms. The summed E-state index contributed by atoms with van der Waals surface area (Å²) in [5, 5.41) is 9.35. The lowest BCUT2D eigenvalue weighted by Gasteiger charge is -2.09. The van der Waals surface area contributed by atoms with Crippen LogP contribution < -0.4 is 16.0 Å². The molecular formula is C19H17ClN4O. The molecule has 3 N–H and O–H groups in total. The zero-order valence-corrected chi connectivity index (χ0v) is 14.3. The summed E-state index contributed by atoms with van der Waals surface area (Å²) in [6.07, 6.45) is 1.59. The van der Waals surface area contributed by atoms with E-state index in [1.807, 2.05) is 55.5 Å². The number of carbonyl (C=O) groups is 1. The molecule has 0 aliphatic rings. The van der Waals surface area contributed by atoms with Gasteiger partial charge in [0.15, 0.2) is 0 Å². The van der Waals surface area contributed by atoms with Crippen molar-refractivity contribution in [2.24, 2.45) is 0 Å². The fourth-order valence-electron chi connectivity index (χ4n) is 2.18. The van der Waals surface area contributed by atoms with Crippen molar-refractivity contribution < 1.29 is 4.79 Å². The third kappa shape index (κ3) is 4.71. The minimum absolute atomic E-state index is 0.320. The Kier molecular flexibility index (Phi) is 5.16. The van der Waals surface area contributed by atoms with Crippen LogP contribution in [-0.4, -0.2) is 11.0 Å². The molecule has 25 heavy (non-hydrogen) atoms. The molecule has 1 aromatic heterocycles. The predicted molar refractivity (Wildman–Crippen MR) is 103 cm³/mol. The van der Waals surface area contributed by atoms with E-state index in [1.165, 1.54) is 0 Å². The minimum atomic E-state index is -0.320. The highest BCUT2D eigenvalue weighted by atomic mass is 35.5. The first kappa shape index (κ1) is 16.8. The van der Waals surface area contributed by atoms with E-state index >= 15 is 0 Å². The Balaban J connectivity index is 1.60. The van der Waals surface area contributed by atoms with Gasteiger partial charge in [-0.1, -0.05) is 35.9 Å². The second-order valence-corrected chi connectivity index (χ2v) is 5.87. The number of aryl methyl sites for hydroxylation is 1. The molecular weight excluding hydrogens is 336 g/mol. The Bertz CT molecular complexity index is 866. The molecule has 0 atom stereocenters. The third-order valence-corrected chi connectivity index (χ3v) is 3.90. The minimum Gasteiger partial charge on any atom is -0.340 e. The number of rotatable bonds is 4. The maximum atomic E-state index is 11.9. The summed E-state index contributed by atoms with van der Waals surface area (Å²) < 4.78 is 0.